The molecule has 1 unspecified atom stereocenters. The summed E-state index contributed by atoms with van der Waals surface area (Å²) in [5.41, 5.74) is 8.42. The maximum absolute atomic E-state index is 11.4. The molecular formula is C13H17N3O2S. The average molecular weight is 279 g/mol. The molecule has 0 aliphatic heterocycles. The van der Waals surface area contributed by atoms with Crippen LogP contribution in [0.4, 0.5) is 0 Å². The van der Waals surface area contributed by atoms with Crippen LogP contribution in [-0.4, -0.2) is 33.6 Å². The topological polar surface area (TPSA) is 82.3 Å². The summed E-state index contributed by atoms with van der Waals surface area (Å²) in [5, 5.41) is 10.8. The van der Waals surface area contributed by atoms with Crippen molar-refractivity contribution in [1.29, 1.82) is 0 Å². The van der Waals surface area contributed by atoms with Gasteiger partial charge in [0.1, 0.15) is 6.23 Å². The quantitative estimate of drug-likeness (QED) is 0.501. The number of aliphatic hydroxyl groups is 1. The van der Waals surface area contributed by atoms with Gasteiger partial charge in [0.05, 0.1) is 11.1 Å². The van der Waals surface area contributed by atoms with Gasteiger partial charge in [-0.1, -0.05) is 24.9 Å². The lowest BCUT2D eigenvalue weighted by atomic mass is 10.0. The first-order valence-electron chi connectivity index (χ1n) is 5.91. The summed E-state index contributed by atoms with van der Waals surface area (Å²) in [5.74, 6) is -0.467. The fraction of sp³-hybridized carbons (Fsp3) is 0.308. The zero-order valence-corrected chi connectivity index (χ0v) is 11.7. The van der Waals surface area contributed by atoms with E-state index in [1.54, 1.807) is 19.2 Å². The largest absolute Gasteiger partial charge is 0.377 e. The number of likely N-dealkylation sites (N-methyl/N-ethyl adjacent to an activating group) is 1. The summed E-state index contributed by atoms with van der Waals surface area (Å²) in [6.07, 6.45) is -0.271. The highest BCUT2D eigenvalue weighted by atomic mass is 32.1. The SMILES string of the molecule is Cc1[nH]c2c(C(N)=O)cccc2c1CC(O)N(C)S. The predicted octanol–water partition coefficient (Wildman–Crippen LogP) is 1.21. The number of fused-ring (bicyclic) bond motifs is 1. The summed E-state index contributed by atoms with van der Waals surface area (Å²) >= 11 is 4.08. The standard InChI is InChI=1S/C13H17N3O2S/c1-7-10(6-11(17)16(2)19)8-4-3-5-9(13(14)18)12(8)15-7/h3-5,11,15,17,19H,6H2,1-2H3,(H2,14,18). The molecule has 1 aromatic carbocycles. The lowest BCUT2D eigenvalue weighted by molar-refractivity contribution is 0.0877. The molecule has 0 aliphatic rings. The van der Waals surface area contributed by atoms with E-state index in [0.29, 0.717) is 12.0 Å². The second kappa shape index (κ2) is 5.24. The molecule has 2 aromatic rings. The Morgan fingerprint density at radius 1 is 1.58 bits per heavy atom. The van der Waals surface area contributed by atoms with E-state index in [4.69, 9.17) is 5.73 Å². The van der Waals surface area contributed by atoms with Gasteiger partial charge in [-0.3, -0.25) is 4.79 Å². The van der Waals surface area contributed by atoms with E-state index in [1.165, 1.54) is 4.31 Å². The van der Waals surface area contributed by atoms with Crippen LogP contribution in [0.15, 0.2) is 18.2 Å². The number of aromatic amines is 1. The molecule has 0 saturated heterocycles. The molecule has 0 fully saturated rings. The monoisotopic (exact) mass is 279 g/mol. The number of aromatic nitrogens is 1. The summed E-state index contributed by atoms with van der Waals surface area (Å²) < 4.78 is 1.44. The van der Waals surface area contributed by atoms with E-state index in [1.807, 2.05) is 13.0 Å². The van der Waals surface area contributed by atoms with Gasteiger partial charge in [0, 0.05) is 17.5 Å². The van der Waals surface area contributed by atoms with Gasteiger partial charge in [-0.05, 0) is 25.6 Å². The van der Waals surface area contributed by atoms with Gasteiger partial charge < -0.3 is 15.8 Å². The number of hydrogen-bond donors (Lipinski definition) is 4. The van der Waals surface area contributed by atoms with Gasteiger partial charge in [0.15, 0.2) is 0 Å². The number of thiol groups is 1. The Morgan fingerprint density at radius 3 is 2.84 bits per heavy atom. The molecule has 2 rings (SSSR count). The molecule has 0 aliphatic carbocycles. The van der Waals surface area contributed by atoms with Crippen LogP contribution >= 0.6 is 12.8 Å². The molecule has 1 aromatic heterocycles. The summed E-state index contributed by atoms with van der Waals surface area (Å²) in [6, 6.07) is 5.38. The molecule has 5 nitrogen and oxygen atoms in total. The number of nitrogens with one attached hydrogen (secondary N) is 1. The molecule has 1 atom stereocenters. The van der Waals surface area contributed by atoms with Crippen LogP contribution in [0.1, 0.15) is 21.6 Å². The van der Waals surface area contributed by atoms with Crippen molar-refractivity contribution in [2.45, 2.75) is 19.6 Å². The summed E-state index contributed by atoms with van der Waals surface area (Å²) in [7, 11) is 1.69. The highest BCUT2D eigenvalue weighted by molar-refractivity contribution is 7.77. The smallest absolute Gasteiger partial charge is 0.250 e. The highest BCUT2D eigenvalue weighted by Gasteiger charge is 2.17. The molecule has 102 valence electrons. The van der Waals surface area contributed by atoms with E-state index < -0.39 is 12.1 Å². The molecule has 0 radical (unpaired) electrons. The van der Waals surface area contributed by atoms with E-state index in [-0.39, 0.29) is 0 Å². The van der Waals surface area contributed by atoms with Gasteiger partial charge in [-0.15, -0.1) is 0 Å². The minimum absolute atomic E-state index is 0.425. The third-order valence-electron chi connectivity index (χ3n) is 3.24. The van der Waals surface area contributed by atoms with Crippen molar-refractivity contribution >= 4 is 29.6 Å². The second-order valence-corrected chi connectivity index (χ2v) is 5.21. The first-order valence-corrected chi connectivity index (χ1v) is 6.31. The third kappa shape index (κ3) is 2.60. The van der Waals surface area contributed by atoms with E-state index >= 15 is 0 Å². The molecule has 1 heterocycles. The Labute approximate surface area is 116 Å². The van der Waals surface area contributed by atoms with Crippen LogP contribution in [-0.2, 0) is 6.42 Å². The maximum Gasteiger partial charge on any atom is 0.250 e. The Morgan fingerprint density at radius 2 is 2.26 bits per heavy atom. The number of aliphatic hydroxyl groups excluding tert-OH is 1. The zero-order chi connectivity index (χ0) is 14.2. The number of carbonyl (C=O) groups excluding carboxylic acids is 1. The number of nitrogens with two attached hydrogens (primary N) is 1. The van der Waals surface area contributed by atoms with Gasteiger partial charge in [0.25, 0.3) is 5.91 Å². The first-order chi connectivity index (χ1) is 8.91. The number of rotatable bonds is 4. The molecule has 4 N–H and O–H groups in total. The molecule has 1 amide bonds. The average Bonchev–Trinajstić information content (AvgIpc) is 2.65. The first kappa shape index (κ1) is 13.9. The number of H-pyrrole nitrogens is 1. The van der Waals surface area contributed by atoms with E-state index in [0.717, 1.165) is 22.2 Å². The van der Waals surface area contributed by atoms with Crippen molar-refractivity contribution in [2.75, 3.05) is 7.05 Å². The Bertz CT molecular complexity index is 622. The Hall–Kier alpha value is -1.50. The van der Waals surface area contributed by atoms with Crippen molar-refractivity contribution in [3.8, 4) is 0 Å². The van der Waals surface area contributed by atoms with Crippen molar-refractivity contribution in [2.24, 2.45) is 5.73 Å². The number of para-hydroxylation sites is 1. The van der Waals surface area contributed by atoms with E-state index in [9.17, 15) is 9.90 Å². The Balaban J connectivity index is 2.54. The zero-order valence-electron chi connectivity index (χ0n) is 10.8. The van der Waals surface area contributed by atoms with Crippen LogP contribution in [0.2, 0.25) is 0 Å². The number of nitrogens with zero attached hydrogens (tertiary/aromatic N) is 1. The number of amides is 1. The van der Waals surface area contributed by atoms with Crippen molar-refractivity contribution in [3.05, 3.63) is 35.0 Å². The molecular weight excluding hydrogens is 262 g/mol. The van der Waals surface area contributed by atoms with Crippen molar-refractivity contribution < 1.29 is 9.90 Å². The van der Waals surface area contributed by atoms with Crippen LogP contribution in [0.5, 0.6) is 0 Å². The maximum atomic E-state index is 11.4. The second-order valence-electron chi connectivity index (χ2n) is 4.58. The lowest BCUT2D eigenvalue weighted by Gasteiger charge is -2.17. The Kier molecular flexibility index (Phi) is 3.84. The normalized spacial score (nSPS) is 13.1. The number of benzene rings is 1. The minimum atomic E-state index is -0.696. The lowest BCUT2D eigenvalue weighted by Crippen LogP contribution is -2.25. The fourth-order valence-corrected chi connectivity index (χ4v) is 2.27. The third-order valence-corrected chi connectivity index (χ3v) is 3.50. The van der Waals surface area contributed by atoms with Crippen LogP contribution in [0.25, 0.3) is 10.9 Å². The van der Waals surface area contributed by atoms with Crippen LogP contribution in [0.3, 0.4) is 0 Å². The number of carbonyl (C=O) groups is 1. The molecule has 0 spiro atoms. The van der Waals surface area contributed by atoms with E-state index in [2.05, 4.69) is 17.8 Å². The number of primary amides is 1. The van der Waals surface area contributed by atoms with Crippen molar-refractivity contribution in [3.63, 3.8) is 0 Å². The highest BCUT2D eigenvalue weighted by Crippen LogP contribution is 2.26. The fourth-order valence-electron chi connectivity index (χ4n) is 2.19. The van der Waals surface area contributed by atoms with Crippen LogP contribution < -0.4 is 5.73 Å². The predicted molar refractivity (Wildman–Crippen MR) is 78.0 cm³/mol. The minimum Gasteiger partial charge on any atom is -0.377 e. The van der Waals surface area contributed by atoms with Gasteiger partial charge in [0.2, 0.25) is 0 Å². The summed E-state index contributed by atoms with van der Waals surface area (Å²) in [6.45, 7) is 1.91. The number of aryl methyl sites for hydroxylation is 1. The van der Waals surface area contributed by atoms with Gasteiger partial charge in [-0.25, -0.2) is 4.31 Å². The molecule has 0 saturated carbocycles. The van der Waals surface area contributed by atoms with Crippen molar-refractivity contribution in [1.82, 2.24) is 9.29 Å². The molecule has 19 heavy (non-hydrogen) atoms. The summed E-state index contributed by atoms with van der Waals surface area (Å²) in [4.78, 5) is 14.6. The molecule has 0 bridgehead atoms. The number of hydrogen-bond acceptors (Lipinski definition) is 4. The van der Waals surface area contributed by atoms with Gasteiger partial charge >= 0.3 is 0 Å². The van der Waals surface area contributed by atoms with Gasteiger partial charge in [-0.2, -0.15) is 0 Å². The van der Waals surface area contributed by atoms with Crippen LogP contribution in [0, 0.1) is 6.92 Å². The molecule has 6 heteroatoms.